The molecule has 0 spiro atoms. The molecule has 0 fully saturated rings. The molecular weight excluding hydrogens is 130 g/mol. The fourth-order valence-electron chi connectivity index (χ4n) is 0.699. The summed E-state index contributed by atoms with van der Waals surface area (Å²) in [5, 5.41) is 9.10. The van der Waals surface area contributed by atoms with Crippen LogP contribution in [-0.2, 0) is 0 Å². The Morgan fingerprint density at radius 2 is 2.30 bits per heavy atom. The van der Waals surface area contributed by atoms with Crippen LogP contribution < -0.4 is 4.74 Å². The summed E-state index contributed by atoms with van der Waals surface area (Å²) in [7, 11) is 1.47. The highest BCUT2D eigenvalue weighted by Gasteiger charge is 1.99. The van der Waals surface area contributed by atoms with Gasteiger partial charge in [-0.25, -0.2) is 4.98 Å². The van der Waals surface area contributed by atoms with Crippen molar-refractivity contribution in [2.75, 3.05) is 7.11 Å². The fourth-order valence-corrected chi connectivity index (χ4v) is 0.699. The third-order valence-corrected chi connectivity index (χ3v) is 1.16. The third-order valence-electron chi connectivity index (χ3n) is 1.16. The first-order chi connectivity index (χ1) is 4.74. The maximum Gasteiger partial charge on any atom is 0.256 e. The maximum absolute atomic E-state index is 9.10. The molecule has 10 heavy (non-hydrogen) atoms. The zero-order chi connectivity index (χ0) is 7.56. The van der Waals surface area contributed by atoms with Crippen LogP contribution in [0.15, 0.2) is 12.3 Å². The quantitative estimate of drug-likeness (QED) is 0.633. The predicted molar refractivity (Wildman–Crippen MR) is 37.2 cm³/mol. The van der Waals surface area contributed by atoms with E-state index in [4.69, 9.17) is 9.84 Å². The number of nitrogens with zero attached hydrogens (tertiary/aromatic N) is 1. The van der Waals surface area contributed by atoms with Crippen molar-refractivity contribution in [1.82, 2.24) is 4.98 Å². The minimum absolute atomic E-state index is 0.0856. The number of hydrogen-bond acceptors (Lipinski definition) is 3. The Kier molecular flexibility index (Phi) is 1.76. The van der Waals surface area contributed by atoms with Gasteiger partial charge in [0.25, 0.3) is 5.88 Å². The Balaban J connectivity index is 3.07. The summed E-state index contributed by atoms with van der Waals surface area (Å²) in [4.78, 5) is 3.82. The molecule has 1 aromatic rings. The number of aryl methyl sites for hydroxylation is 1. The Labute approximate surface area is 59.3 Å². The highest BCUT2D eigenvalue weighted by Crippen LogP contribution is 2.21. The number of aromatic nitrogens is 1. The summed E-state index contributed by atoms with van der Waals surface area (Å²) < 4.78 is 4.74. The van der Waals surface area contributed by atoms with Gasteiger partial charge in [-0.1, -0.05) is 0 Å². The molecule has 3 heteroatoms. The molecule has 0 saturated heterocycles. The van der Waals surface area contributed by atoms with E-state index < -0.39 is 0 Å². The molecule has 0 aromatic carbocycles. The van der Waals surface area contributed by atoms with Crippen molar-refractivity contribution in [3.05, 3.63) is 17.8 Å². The lowest BCUT2D eigenvalue weighted by Gasteiger charge is -2.00. The van der Waals surface area contributed by atoms with Crippen LogP contribution in [0, 0.1) is 6.92 Å². The Morgan fingerprint density at radius 3 is 2.80 bits per heavy atom. The molecule has 0 bridgehead atoms. The molecule has 1 N–H and O–H groups in total. The van der Waals surface area contributed by atoms with E-state index in [1.807, 2.05) is 6.92 Å². The third kappa shape index (κ3) is 1.18. The second-order valence-corrected chi connectivity index (χ2v) is 2.04. The van der Waals surface area contributed by atoms with Gasteiger partial charge in [0, 0.05) is 6.20 Å². The van der Waals surface area contributed by atoms with E-state index in [2.05, 4.69) is 4.98 Å². The maximum atomic E-state index is 9.10. The van der Waals surface area contributed by atoms with Gasteiger partial charge in [-0.15, -0.1) is 0 Å². The van der Waals surface area contributed by atoms with Gasteiger partial charge in [-0.05, 0) is 18.6 Å². The monoisotopic (exact) mass is 139 g/mol. The Hall–Kier alpha value is -1.25. The topological polar surface area (TPSA) is 42.4 Å². The largest absolute Gasteiger partial charge is 0.503 e. The van der Waals surface area contributed by atoms with E-state index in [9.17, 15) is 0 Å². The second kappa shape index (κ2) is 2.56. The van der Waals surface area contributed by atoms with Crippen molar-refractivity contribution < 1.29 is 9.84 Å². The summed E-state index contributed by atoms with van der Waals surface area (Å²) in [5.74, 6) is 0.355. The average molecular weight is 139 g/mol. The van der Waals surface area contributed by atoms with Crippen LogP contribution in [0.5, 0.6) is 11.6 Å². The van der Waals surface area contributed by atoms with Gasteiger partial charge in [0.05, 0.1) is 7.11 Å². The lowest BCUT2D eigenvalue weighted by molar-refractivity contribution is 0.358. The molecule has 0 saturated carbocycles. The van der Waals surface area contributed by atoms with Crippen molar-refractivity contribution >= 4 is 0 Å². The van der Waals surface area contributed by atoms with Crippen LogP contribution in [0.1, 0.15) is 5.56 Å². The van der Waals surface area contributed by atoms with E-state index in [-0.39, 0.29) is 11.6 Å². The molecule has 1 rings (SSSR count). The molecule has 1 aromatic heterocycles. The lowest BCUT2D eigenvalue weighted by atomic mass is 10.3. The number of pyridine rings is 1. The number of methoxy groups -OCH3 is 1. The van der Waals surface area contributed by atoms with Crippen LogP contribution in [0.2, 0.25) is 0 Å². The van der Waals surface area contributed by atoms with Crippen molar-refractivity contribution in [3.8, 4) is 11.6 Å². The normalized spacial score (nSPS) is 9.40. The first-order valence-corrected chi connectivity index (χ1v) is 2.93. The van der Waals surface area contributed by atoms with Crippen molar-refractivity contribution in [2.24, 2.45) is 0 Å². The molecular formula is C7H9NO2. The van der Waals surface area contributed by atoms with Crippen LogP contribution >= 0.6 is 0 Å². The second-order valence-electron chi connectivity index (χ2n) is 2.04. The van der Waals surface area contributed by atoms with Gasteiger partial charge in [0.15, 0.2) is 5.75 Å². The summed E-state index contributed by atoms with van der Waals surface area (Å²) >= 11 is 0. The van der Waals surface area contributed by atoms with Gasteiger partial charge < -0.3 is 9.84 Å². The smallest absolute Gasteiger partial charge is 0.256 e. The van der Waals surface area contributed by atoms with Crippen LogP contribution in [0.3, 0.4) is 0 Å². The van der Waals surface area contributed by atoms with Crippen LogP contribution in [0.25, 0.3) is 0 Å². The van der Waals surface area contributed by atoms with E-state index in [1.54, 1.807) is 12.3 Å². The Bertz CT molecular complexity index is 235. The lowest BCUT2D eigenvalue weighted by Crippen LogP contribution is -1.87. The summed E-state index contributed by atoms with van der Waals surface area (Å²) in [5.41, 5.74) is 0.915. The molecule has 0 atom stereocenters. The standard InChI is InChI=1S/C7H9NO2/c1-5-3-6(9)7(10-2)8-4-5/h3-4,9H,1-2H3. The highest BCUT2D eigenvalue weighted by atomic mass is 16.5. The molecule has 3 nitrogen and oxygen atoms in total. The molecule has 0 aliphatic carbocycles. The first-order valence-electron chi connectivity index (χ1n) is 2.93. The average Bonchev–Trinajstić information content (AvgIpc) is 1.88. The van der Waals surface area contributed by atoms with Crippen LogP contribution in [-0.4, -0.2) is 17.2 Å². The summed E-state index contributed by atoms with van der Waals surface area (Å²) in [6.45, 7) is 1.85. The number of ether oxygens (including phenoxy) is 1. The van der Waals surface area contributed by atoms with Gasteiger partial charge in [-0.3, -0.25) is 0 Å². The molecule has 0 aliphatic rings. The van der Waals surface area contributed by atoms with Gasteiger partial charge >= 0.3 is 0 Å². The molecule has 1 heterocycles. The number of aromatic hydroxyl groups is 1. The Morgan fingerprint density at radius 1 is 1.60 bits per heavy atom. The van der Waals surface area contributed by atoms with E-state index in [1.165, 1.54) is 7.11 Å². The minimum atomic E-state index is 0.0856. The summed E-state index contributed by atoms with van der Waals surface area (Å²) in [6, 6.07) is 1.60. The van der Waals surface area contributed by atoms with Gasteiger partial charge in [0.1, 0.15) is 0 Å². The minimum Gasteiger partial charge on any atom is -0.503 e. The van der Waals surface area contributed by atoms with Crippen LogP contribution in [0.4, 0.5) is 0 Å². The number of hydrogen-bond donors (Lipinski definition) is 1. The molecule has 0 radical (unpaired) electrons. The molecule has 54 valence electrons. The van der Waals surface area contributed by atoms with Crippen molar-refractivity contribution in [3.63, 3.8) is 0 Å². The number of rotatable bonds is 1. The van der Waals surface area contributed by atoms with E-state index >= 15 is 0 Å². The fraction of sp³-hybridized carbons (Fsp3) is 0.286. The highest BCUT2D eigenvalue weighted by molar-refractivity contribution is 5.33. The molecule has 0 amide bonds. The van der Waals surface area contributed by atoms with E-state index in [0.717, 1.165) is 5.56 Å². The SMILES string of the molecule is COc1ncc(C)cc1O. The summed E-state index contributed by atoms with van der Waals surface area (Å²) in [6.07, 6.45) is 1.64. The zero-order valence-corrected chi connectivity index (χ0v) is 5.96. The molecule has 0 unspecified atom stereocenters. The molecule has 0 aliphatic heterocycles. The predicted octanol–water partition coefficient (Wildman–Crippen LogP) is 1.10. The van der Waals surface area contributed by atoms with E-state index in [0.29, 0.717) is 0 Å². The van der Waals surface area contributed by atoms with Crippen molar-refractivity contribution in [1.29, 1.82) is 0 Å². The van der Waals surface area contributed by atoms with Gasteiger partial charge in [-0.2, -0.15) is 0 Å². The van der Waals surface area contributed by atoms with Gasteiger partial charge in [0.2, 0.25) is 0 Å². The van der Waals surface area contributed by atoms with Crippen molar-refractivity contribution in [2.45, 2.75) is 6.92 Å². The zero-order valence-electron chi connectivity index (χ0n) is 5.96. The first kappa shape index (κ1) is 6.86.